The van der Waals surface area contributed by atoms with Crippen LogP contribution in [0, 0.1) is 0 Å². The van der Waals surface area contributed by atoms with Gasteiger partial charge in [-0.15, -0.1) is 11.3 Å². The molecule has 3 nitrogen and oxygen atoms in total. The van der Waals surface area contributed by atoms with Crippen LogP contribution in [0.3, 0.4) is 0 Å². The Bertz CT molecular complexity index is 627. The fourth-order valence-corrected chi connectivity index (χ4v) is 3.12. The highest BCUT2D eigenvalue weighted by molar-refractivity contribution is 7.10. The lowest BCUT2D eigenvalue weighted by molar-refractivity contribution is 0.125. The van der Waals surface area contributed by atoms with Crippen LogP contribution in [0.5, 0.6) is 0 Å². The number of rotatable bonds is 4. The van der Waals surface area contributed by atoms with Crippen LogP contribution in [0.25, 0.3) is 11.0 Å². The Kier molecular flexibility index (Phi) is 3.38. The fourth-order valence-electron chi connectivity index (χ4n) is 2.25. The number of aliphatic hydroxyl groups excluding tert-OH is 1. The van der Waals surface area contributed by atoms with Gasteiger partial charge in [-0.1, -0.05) is 24.3 Å². The quantitative estimate of drug-likeness (QED) is 0.767. The van der Waals surface area contributed by atoms with E-state index in [1.807, 2.05) is 47.8 Å². The monoisotopic (exact) mass is 273 g/mol. The smallest absolute Gasteiger partial charge is 0.134 e. The molecule has 0 saturated carbocycles. The number of para-hydroxylation sites is 1. The predicted molar refractivity (Wildman–Crippen MR) is 77.3 cm³/mol. The van der Waals surface area contributed by atoms with E-state index in [4.69, 9.17) is 10.2 Å². The average Bonchev–Trinajstić information content (AvgIpc) is 3.08. The number of nitrogens with two attached hydrogens (primary N) is 1. The Morgan fingerprint density at radius 1 is 1.21 bits per heavy atom. The Hall–Kier alpha value is -1.62. The molecule has 0 aliphatic heterocycles. The molecule has 0 spiro atoms. The van der Waals surface area contributed by atoms with Crippen LogP contribution in [0.15, 0.2) is 52.3 Å². The van der Waals surface area contributed by atoms with Gasteiger partial charge in [-0.3, -0.25) is 0 Å². The van der Waals surface area contributed by atoms with E-state index in [1.54, 1.807) is 11.3 Å². The number of benzene rings is 1. The van der Waals surface area contributed by atoms with Crippen molar-refractivity contribution in [2.24, 2.45) is 5.73 Å². The van der Waals surface area contributed by atoms with Crippen LogP contribution in [0.2, 0.25) is 0 Å². The fraction of sp³-hybridized carbons (Fsp3) is 0.200. The molecule has 2 unspecified atom stereocenters. The van der Waals surface area contributed by atoms with Gasteiger partial charge >= 0.3 is 0 Å². The summed E-state index contributed by atoms with van der Waals surface area (Å²) in [6.07, 6.45) is -0.712. The van der Waals surface area contributed by atoms with Crippen LogP contribution in [0.1, 0.15) is 22.7 Å². The molecule has 0 aliphatic carbocycles. The summed E-state index contributed by atoms with van der Waals surface area (Å²) in [6, 6.07) is 13.6. The summed E-state index contributed by atoms with van der Waals surface area (Å²) in [4.78, 5) is 1.08. The lowest BCUT2D eigenvalue weighted by atomic mass is 9.98. The summed E-state index contributed by atoms with van der Waals surface area (Å²) in [5.41, 5.74) is 6.59. The second-order valence-electron chi connectivity index (χ2n) is 4.49. The zero-order valence-corrected chi connectivity index (χ0v) is 11.1. The molecule has 3 rings (SSSR count). The Labute approximate surface area is 115 Å². The van der Waals surface area contributed by atoms with Crippen LogP contribution < -0.4 is 5.73 Å². The first kappa shape index (κ1) is 12.4. The van der Waals surface area contributed by atoms with Gasteiger partial charge in [0.05, 0.1) is 0 Å². The maximum Gasteiger partial charge on any atom is 0.134 e. The molecule has 0 radical (unpaired) electrons. The van der Waals surface area contributed by atoms with E-state index in [9.17, 15) is 5.11 Å². The van der Waals surface area contributed by atoms with Crippen LogP contribution >= 0.6 is 11.3 Å². The Balaban J connectivity index is 1.95. The molecule has 0 bridgehead atoms. The number of thiophene rings is 1. The molecule has 98 valence electrons. The highest BCUT2D eigenvalue weighted by atomic mass is 32.1. The van der Waals surface area contributed by atoms with Gasteiger partial charge in [0.25, 0.3) is 0 Å². The Morgan fingerprint density at radius 3 is 2.74 bits per heavy atom. The van der Waals surface area contributed by atoms with Gasteiger partial charge in [0.1, 0.15) is 17.4 Å². The summed E-state index contributed by atoms with van der Waals surface area (Å²) in [7, 11) is 0. The maximum absolute atomic E-state index is 10.5. The van der Waals surface area contributed by atoms with Gasteiger partial charge in [0.2, 0.25) is 0 Å². The molecule has 1 aromatic carbocycles. The second kappa shape index (κ2) is 5.17. The topological polar surface area (TPSA) is 59.4 Å². The summed E-state index contributed by atoms with van der Waals surface area (Å²) in [6.45, 7) is 0.388. The number of furan rings is 1. The van der Waals surface area contributed by atoms with Crippen LogP contribution in [0.4, 0.5) is 0 Å². The highest BCUT2D eigenvalue weighted by Crippen LogP contribution is 2.35. The van der Waals surface area contributed by atoms with E-state index in [0.29, 0.717) is 12.3 Å². The maximum atomic E-state index is 10.5. The van der Waals surface area contributed by atoms with Crippen molar-refractivity contribution in [1.29, 1.82) is 0 Å². The number of aliphatic hydroxyl groups is 1. The van der Waals surface area contributed by atoms with E-state index < -0.39 is 6.10 Å². The molecule has 0 saturated heterocycles. The predicted octanol–water partition coefficient (Wildman–Crippen LogP) is 3.27. The normalized spacial score (nSPS) is 14.6. The largest absolute Gasteiger partial charge is 0.458 e. The lowest BCUT2D eigenvalue weighted by Crippen LogP contribution is -2.18. The molecular weight excluding hydrogens is 258 g/mol. The van der Waals surface area contributed by atoms with Crippen molar-refractivity contribution >= 4 is 22.3 Å². The molecule has 2 heterocycles. The minimum absolute atomic E-state index is 0.124. The van der Waals surface area contributed by atoms with Crippen molar-refractivity contribution in [2.45, 2.75) is 12.0 Å². The lowest BCUT2D eigenvalue weighted by Gasteiger charge is -2.18. The van der Waals surface area contributed by atoms with Gasteiger partial charge in [0.15, 0.2) is 0 Å². The Morgan fingerprint density at radius 2 is 2.05 bits per heavy atom. The van der Waals surface area contributed by atoms with Crippen molar-refractivity contribution in [3.8, 4) is 0 Å². The number of fused-ring (bicyclic) bond motifs is 1. The molecular formula is C15H15NO2S. The average molecular weight is 273 g/mol. The van der Waals surface area contributed by atoms with Crippen molar-refractivity contribution in [3.05, 3.63) is 58.5 Å². The summed E-state index contributed by atoms with van der Waals surface area (Å²) in [5.74, 6) is 0.450. The van der Waals surface area contributed by atoms with E-state index in [1.165, 1.54) is 0 Å². The van der Waals surface area contributed by atoms with Gasteiger partial charge in [-0.05, 0) is 23.6 Å². The molecule has 4 heteroatoms. The first-order valence-electron chi connectivity index (χ1n) is 6.19. The number of hydrogen-bond acceptors (Lipinski definition) is 4. The van der Waals surface area contributed by atoms with Crippen molar-refractivity contribution in [2.75, 3.05) is 6.54 Å². The van der Waals surface area contributed by atoms with Gasteiger partial charge in [-0.2, -0.15) is 0 Å². The molecule has 2 aromatic heterocycles. The minimum Gasteiger partial charge on any atom is -0.458 e. The molecule has 0 aliphatic rings. The van der Waals surface area contributed by atoms with Crippen LogP contribution in [-0.2, 0) is 0 Å². The second-order valence-corrected chi connectivity index (χ2v) is 5.47. The van der Waals surface area contributed by atoms with E-state index >= 15 is 0 Å². The van der Waals surface area contributed by atoms with Gasteiger partial charge in [-0.25, -0.2) is 0 Å². The van der Waals surface area contributed by atoms with Crippen molar-refractivity contribution in [1.82, 2.24) is 0 Å². The molecule has 3 aromatic rings. The molecule has 0 amide bonds. The van der Waals surface area contributed by atoms with Gasteiger partial charge < -0.3 is 15.3 Å². The van der Waals surface area contributed by atoms with E-state index in [0.717, 1.165) is 15.8 Å². The molecule has 0 fully saturated rings. The minimum atomic E-state index is -0.712. The van der Waals surface area contributed by atoms with Crippen LogP contribution in [-0.4, -0.2) is 11.7 Å². The van der Waals surface area contributed by atoms with E-state index in [2.05, 4.69) is 0 Å². The standard InChI is InChI=1S/C15H15NO2S/c16-9-11(14-6-3-7-19-14)15(17)13-8-10-4-1-2-5-12(10)18-13/h1-8,11,15,17H,9,16H2. The SMILES string of the molecule is NCC(c1cccs1)C(O)c1cc2ccccc2o1. The number of hydrogen-bond donors (Lipinski definition) is 2. The van der Waals surface area contributed by atoms with Crippen molar-refractivity contribution < 1.29 is 9.52 Å². The van der Waals surface area contributed by atoms with E-state index in [-0.39, 0.29) is 5.92 Å². The molecule has 3 N–H and O–H groups in total. The summed E-state index contributed by atoms with van der Waals surface area (Å²) < 4.78 is 5.71. The zero-order valence-electron chi connectivity index (χ0n) is 10.3. The molecule has 2 atom stereocenters. The third-order valence-corrected chi connectivity index (χ3v) is 4.28. The first-order chi connectivity index (χ1) is 9.29. The van der Waals surface area contributed by atoms with Crippen molar-refractivity contribution in [3.63, 3.8) is 0 Å². The highest BCUT2D eigenvalue weighted by Gasteiger charge is 2.25. The summed E-state index contributed by atoms with van der Waals surface area (Å²) >= 11 is 1.60. The molecule has 19 heavy (non-hydrogen) atoms. The zero-order chi connectivity index (χ0) is 13.2. The third-order valence-electron chi connectivity index (χ3n) is 3.28. The van der Waals surface area contributed by atoms with Gasteiger partial charge in [0, 0.05) is 22.7 Å². The summed E-state index contributed by atoms with van der Waals surface area (Å²) in [5, 5.41) is 13.5. The third kappa shape index (κ3) is 2.30. The first-order valence-corrected chi connectivity index (χ1v) is 7.07.